The minimum absolute atomic E-state index is 0.289. The van der Waals surface area contributed by atoms with Crippen molar-refractivity contribution in [3.63, 3.8) is 0 Å². The van der Waals surface area contributed by atoms with Gasteiger partial charge < -0.3 is 10.1 Å². The Bertz CT molecular complexity index is 414. The van der Waals surface area contributed by atoms with Gasteiger partial charge >= 0.3 is 6.36 Å². The second-order valence-electron chi connectivity index (χ2n) is 4.05. The maximum absolute atomic E-state index is 11.9. The number of anilines is 1. The van der Waals surface area contributed by atoms with Crippen LogP contribution in [0.25, 0.3) is 0 Å². The molecule has 1 unspecified atom stereocenters. The van der Waals surface area contributed by atoms with E-state index in [2.05, 4.69) is 27.2 Å². The minimum atomic E-state index is -4.68. The summed E-state index contributed by atoms with van der Waals surface area (Å²) >= 11 is 0. The second kappa shape index (κ2) is 5.29. The fourth-order valence-electron chi connectivity index (χ4n) is 1.79. The van der Waals surface area contributed by atoms with Crippen LogP contribution in [0.2, 0.25) is 0 Å². The highest BCUT2D eigenvalue weighted by molar-refractivity contribution is 5.38. The van der Waals surface area contributed by atoms with Gasteiger partial charge in [0.15, 0.2) is 0 Å². The number of hydrogen-bond acceptors (Lipinski definition) is 3. The van der Waals surface area contributed by atoms with Crippen molar-refractivity contribution in [1.29, 1.82) is 0 Å². The summed E-state index contributed by atoms with van der Waals surface area (Å²) in [5, 5.41) is 3.17. The lowest BCUT2D eigenvalue weighted by Crippen LogP contribution is -2.21. The minimum Gasteiger partial charge on any atom is -0.404 e. The van der Waals surface area contributed by atoms with Gasteiger partial charge in [0.25, 0.3) is 0 Å². The van der Waals surface area contributed by atoms with Crippen LogP contribution in [0, 0.1) is 0 Å². The third-order valence-corrected chi connectivity index (χ3v) is 2.59. The molecule has 6 heteroatoms. The number of pyridine rings is 1. The van der Waals surface area contributed by atoms with Crippen LogP contribution in [-0.2, 0) is 0 Å². The standard InChI is InChI=1S/C12H13F3N2O/c13-12(14,15)18-10-6-7-11(16-8-10)17-9-4-2-1-3-5-9/h1-2,6-9H,3-5H2,(H,16,17). The lowest BCUT2D eigenvalue weighted by molar-refractivity contribution is -0.274. The number of alkyl halides is 3. The zero-order valence-corrected chi connectivity index (χ0v) is 9.57. The van der Waals surface area contributed by atoms with Gasteiger partial charge in [-0.25, -0.2) is 4.98 Å². The van der Waals surface area contributed by atoms with E-state index in [1.54, 1.807) is 0 Å². The SMILES string of the molecule is FC(F)(F)Oc1ccc(NC2CC=CCC2)nc1. The van der Waals surface area contributed by atoms with Crippen molar-refractivity contribution >= 4 is 5.82 Å². The molecule has 0 fully saturated rings. The molecular weight excluding hydrogens is 245 g/mol. The van der Waals surface area contributed by atoms with Gasteiger partial charge in [-0.05, 0) is 31.4 Å². The summed E-state index contributed by atoms with van der Waals surface area (Å²) in [7, 11) is 0. The Kier molecular flexibility index (Phi) is 3.74. The summed E-state index contributed by atoms with van der Waals surface area (Å²) < 4.78 is 39.6. The summed E-state index contributed by atoms with van der Waals surface area (Å²) in [4.78, 5) is 3.90. The molecule has 1 heterocycles. The number of halogens is 3. The first-order chi connectivity index (χ1) is 8.53. The van der Waals surface area contributed by atoms with E-state index >= 15 is 0 Å². The maximum Gasteiger partial charge on any atom is 0.573 e. The van der Waals surface area contributed by atoms with Gasteiger partial charge in [-0.15, -0.1) is 13.2 Å². The van der Waals surface area contributed by atoms with E-state index in [-0.39, 0.29) is 11.8 Å². The van der Waals surface area contributed by atoms with E-state index in [1.807, 2.05) is 0 Å². The first-order valence-electron chi connectivity index (χ1n) is 5.66. The fourth-order valence-corrected chi connectivity index (χ4v) is 1.79. The van der Waals surface area contributed by atoms with Crippen LogP contribution in [0.3, 0.4) is 0 Å². The molecule has 0 amide bonds. The van der Waals surface area contributed by atoms with Crippen molar-refractivity contribution in [2.75, 3.05) is 5.32 Å². The van der Waals surface area contributed by atoms with Crippen LogP contribution in [0.5, 0.6) is 5.75 Å². The Morgan fingerprint density at radius 1 is 1.28 bits per heavy atom. The van der Waals surface area contributed by atoms with Crippen LogP contribution in [-0.4, -0.2) is 17.4 Å². The molecule has 0 aliphatic heterocycles. The molecule has 1 aliphatic carbocycles. The van der Waals surface area contributed by atoms with Crippen molar-refractivity contribution in [3.8, 4) is 5.75 Å². The lowest BCUT2D eigenvalue weighted by Gasteiger charge is -2.20. The molecule has 1 aromatic rings. The van der Waals surface area contributed by atoms with Gasteiger partial charge in [0.05, 0.1) is 6.20 Å². The van der Waals surface area contributed by atoms with E-state index in [4.69, 9.17) is 0 Å². The summed E-state index contributed by atoms with van der Waals surface area (Å²) in [6.07, 6.45) is 3.50. The molecule has 0 spiro atoms. The summed E-state index contributed by atoms with van der Waals surface area (Å²) in [5.41, 5.74) is 0. The average molecular weight is 258 g/mol. The second-order valence-corrected chi connectivity index (χ2v) is 4.05. The largest absolute Gasteiger partial charge is 0.573 e. The molecule has 2 rings (SSSR count). The number of ether oxygens (including phenoxy) is 1. The predicted molar refractivity (Wildman–Crippen MR) is 61.3 cm³/mol. The van der Waals surface area contributed by atoms with Crippen LogP contribution in [0.15, 0.2) is 30.5 Å². The third-order valence-electron chi connectivity index (χ3n) is 2.59. The molecule has 0 aromatic carbocycles. The van der Waals surface area contributed by atoms with Gasteiger partial charge in [0, 0.05) is 6.04 Å². The normalized spacial score (nSPS) is 19.6. The molecule has 18 heavy (non-hydrogen) atoms. The molecule has 1 N–H and O–H groups in total. The molecule has 0 saturated carbocycles. The zero-order chi connectivity index (χ0) is 13.0. The smallest absolute Gasteiger partial charge is 0.404 e. The summed E-state index contributed by atoms with van der Waals surface area (Å²) in [5.74, 6) is 0.251. The van der Waals surface area contributed by atoms with Gasteiger partial charge in [0.1, 0.15) is 11.6 Å². The topological polar surface area (TPSA) is 34.1 Å². The van der Waals surface area contributed by atoms with Crippen molar-refractivity contribution < 1.29 is 17.9 Å². The van der Waals surface area contributed by atoms with Gasteiger partial charge in [-0.2, -0.15) is 0 Å². The number of nitrogens with zero attached hydrogens (tertiary/aromatic N) is 1. The number of allylic oxidation sites excluding steroid dienone is 1. The highest BCUT2D eigenvalue weighted by atomic mass is 19.4. The third kappa shape index (κ3) is 3.94. The van der Waals surface area contributed by atoms with Crippen LogP contribution >= 0.6 is 0 Å². The monoisotopic (exact) mass is 258 g/mol. The van der Waals surface area contributed by atoms with Crippen molar-refractivity contribution in [3.05, 3.63) is 30.5 Å². The molecule has 1 atom stereocenters. The molecule has 1 aromatic heterocycles. The average Bonchev–Trinajstić information content (AvgIpc) is 2.31. The number of hydrogen-bond donors (Lipinski definition) is 1. The Balaban J connectivity index is 1.93. The van der Waals surface area contributed by atoms with E-state index < -0.39 is 6.36 Å². The van der Waals surface area contributed by atoms with Crippen LogP contribution in [0.4, 0.5) is 19.0 Å². The first kappa shape index (κ1) is 12.7. The van der Waals surface area contributed by atoms with Crippen LogP contribution in [0.1, 0.15) is 19.3 Å². The first-order valence-corrected chi connectivity index (χ1v) is 5.66. The van der Waals surface area contributed by atoms with Crippen LogP contribution < -0.4 is 10.1 Å². The van der Waals surface area contributed by atoms with E-state index in [9.17, 15) is 13.2 Å². The van der Waals surface area contributed by atoms with E-state index in [0.717, 1.165) is 25.5 Å². The van der Waals surface area contributed by atoms with Gasteiger partial charge in [-0.1, -0.05) is 12.2 Å². The molecule has 1 aliphatic rings. The van der Waals surface area contributed by atoms with Crippen molar-refractivity contribution in [1.82, 2.24) is 4.98 Å². The van der Waals surface area contributed by atoms with Gasteiger partial charge in [-0.3, -0.25) is 0 Å². The molecule has 0 saturated heterocycles. The molecule has 3 nitrogen and oxygen atoms in total. The lowest BCUT2D eigenvalue weighted by atomic mass is 10.0. The molecule has 0 radical (unpaired) electrons. The Labute approximate surface area is 103 Å². The maximum atomic E-state index is 11.9. The van der Waals surface area contributed by atoms with Crippen molar-refractivity contribution in [2.24, 2.45) is 0 Å². The number of aromatic nitrogens is 1. The van der Waals surface area contributed by atoms with E-state index in [0.29, 0.717) is 5.82 Å². The molecular formula is C12H13F3N2O. The molecule has 98 valence electrons. The van der Waals surface area contributed by atoms with Gasteiger partial charge in [0.2, 0.25) is 0 Å². The molecule has 0 bridgehead atoms. The summed E-state index contributed by atoms with van der Waals surface area (Å²) in [6.45, 7) is 0. The predicted octanol–water partition coefficient (Wildman–Crippen LogP) is 3.50. The quantitative estimate of drug-likeness (QED) is 0.842. The number of rotatable bonds is 3. The Morgan fingerprint density at radius 2 is 2.11 bits per heavy atom. The van der Waals surface area contributed by atoms with Crippen molar-refractivity contribution in [2.45, 2.75) is 31.7 Å². The fraction of sp³-hybridized carbons (Fsp3) is 0.417. The zero-order valence-electron chi connectivity index (χ0n) is 9.57. The Hall–Kier alpha value is -1.72. The summed E-state index contributed by atoms with van der Waals surface area (Å²) in [6, 6.07) is 3.03. The highest BCUT2D eigenvalue weighted by Gasteiger charge is 2.31. The Morgan fingerprint density at radius 3 is 2.67 bits per heavy atom. The van der Waals surface area contributed by atoms with E-state index in [1.165, 1.54) is 12.1 Å². The highest BCUT2D eigenvalue weighted by Crippen LogP contribution is 2.23. The number of nitrogens with one attached hydrogen (secondary N) is 1.